The van der Waals surface area contributed by atoms with E-state index in [1.54, 1.807) is 0 Å². The summed E-state index contributed by atoms with van der Waals surface area (Å²) in [6, 6.07) is 9.31. The quantitative estimate of drug-likeness (QED) is 0.361. The summed E-state index contributed by atoms with van der Waals surface area (Å²) in [7, 11) is 0. The Morgan fingerprint density at radius 1 is 1.09 bits per heavy atom. The van der Waals surface area contributed by atoms with Gasteiger partial charge in [-0.3, -0.25) is 9.59 Å². The average Bonchev–Trinajstić information content (AvgIpc) is 2.46. The zero-order valence-corrected chi connectivity index (χ0v) is 14.7. The average molecular weight is 316 g/mol. The highest BCUT2D eigenvalue weighted by atomic mass is 16.6. The van der Waals surface area contributed by atoms with Crippen LogP contribution in [0.5, 0.6) is 0 Å². The molecule has 0 fully saturated rings. The predicted molar refractivity (Wildman–Crippen MR) is 93.5 cm³/mol. The van der Waals surface area contributed by atoms with Crippen LogP contribution in [0.3, 0.4) is 0 Å². The largest absolute Gasteiger partial charge is 0.460 e. The van der Waals surface area contributed by atoms with Gasteiger partial charge in [-0.2, -0.15) is 0 Å². The van der Waals surface area contributed by atoms with Gasteiger partial charge >= 0.3 is 5.97 Å². The third kappa shape index (κ3) is 7.78. The van der Waals surface area contributed by atoms with Gasteiger partial charge < -0.3 is 4.74 Å². The molecule has 0 heterocycles. The Labute approximate surface area is 139 Å². The summed E-state index contributed by atoms with van der Waals surface area (Å²) in [5, 5.41) is 0. The first-order valence-corrected chi connectivity index (χ1v) is 8.23. The van der Waals surface area contributed by atoms with Gasteiger partial charge in [-0.25, -0.2) is 0 Å². The number of carbonyl (C=O) groups excluding carboxylic acids is 2. The second-order valence-corrected chi connectivity index (χ2v) is 6.51. The third-order valence-corrected chi connectivity index (χ3v) is 3.82. The van der Waals surface area contributed by atoms with Crippen molar-refractivity contribution in [1.29, 1.82) is 0 Å². The molecule has 0 saturated carbocycles. The second-order valence-electron chi connectivity index (χ2n) is 6.51. The summed E-state index contributed by atoms with van der Waals surface area (Å²) in [4.78, 5) is 23.5. The van der Waals surface area contributed by atoms with E-state index in [0.717, 1.165) is 18.4 Å². The fraction of sp³-hybridized carbons (Fsp3) is 0.500. The van der Waals surface area contributed by atoms with Crippen molar-refractivity contribution in [2.24, 2.45) is 0 Å². The monoisotopic (exact) mass is 316 g/mol. The number of allylic oxidation sites excluding steroid dienone is 2. The number of rotatable bonds is 9. The van der Waals surface area contributed by atoms with E-state index < -0.39 is 5.60 Å². The van der Waals surface area contributed by atoms with Crippen molar-refractivity contribution >= 4 is 11.8 Å². The van der Waals surface area contributed by atoms with Crippen molar-refractivity contribution in [3.05, 3.63) is 47.5 Å². The van der Waals surface area contributed by atoms with Crippen LogP contribution in [0.1, 0.15) is 70.2 Å². The van der Waals surface area contributed by atoms with Crippen LogP contribution in [0.25, 0.3) is 0 Å². The molecule has 0 aliphatic rings. The van der Waals surface area contributed by atoms with Crippen LogP contribution >= 0.6 is 0 Å². The van der Waals surface area contributed by atoms with Crippen molar-refractivity contribution in [2.75, 3.05) is 0 Å². The van der Waals surface area contributed by atoms with Gasteiger partial charge in [0.2, 0.25) is 0 Å². The van der Waals surface area contributed by atoms with Gasteiger partial charge in [-0.05, 0) is 46.5 Å². The third-order valence-electron chi connectivity index (χ3n) is 3.82. The van der Waals surface area contributed by atoms with E-state index >= 15 is 0 Å². The van der Waals surface area contributed by atoms with E-state index in [4.69, 9.17) is 4.74 Å². The Morgan fingerprint density at radius 2 is 1.74 bits per heavy atom. The van der Waals surface area contributed by atoms with Crippen molar-refractivity contribution in [3.63, 3.8) is 0 Å². The van der Waals surface area contributed by atoms with Gasteiger partial charge in [-0.15, -0.1) is 0 Å². The van der Waals surface area contributed by atoms with E-state index in [1.165, 1.54) is 12.5 Å². The molecule has 0 bridgehead atoms. The standard InChI is InChI=1S/C20H28O3/c1-16(2)10-8-14-20(4,23-17(3)21)15-9-13-19(22)18-11-6-5-7-12-18/h5-7,10-12H,8-9,13-15H2,1-4H3. The van der Waals surface area contributed by atoms with Crippen molar-refractivity contribution in [3.8, 4) is 0 Å². The number of esters is 1. The van der Waals surface area contributed by atoms with Crippen LogP contribution in [0.15, 0.2) is 42.0 Å². The molecule has 1 unspecified atom stereocenters. The minimum atomic E-state index is -0.505. The molecule has 0 aromatic heterocycles. The molecular weight excluding hydrogens is 288 g/mol. The second kappa shape index (κ2) is 9.29. The predicted octanol–water partition coefficient (Wildman–Crippen LogP) is 5.11. The molecular formula is C20H28O3. The molecule has 0 spiro atoms. The summed E-state index contributed by atoms with van der Waals surface area (Å²) < 4.78 is 5.53. The van der Waals surface area contributed by atoms with Crippen LogP contribution in [-0.2, 0) is 9.53 Å². The molecule has 0 amide bonds. The molecule has 0 aliphatic heterocycles. The highest BCUT2D eigenvalue weighted by Gasteiger charge is 2.26. The first-order valence-electron chi connectivity index (χ1n) is 8.23. The fourth-order valence-electron chi connectivity index (χ4n) is 2.63. The maximum atomic E-state index is 12.1. The van der Waals surface area contributed by atoms with Crippen LogP contribution in [0.4, 0.5) is 0 Å². The molecule has 0 aliphatic carbocycles. The van der Waals surface area contributed by atoms with Gasteiger partial charge in [0.25, 0.3) is 0 Å². The Bertz CT molecular complexity index is 541. The maximum Gasteiger partial charge on any atom is 0.303 e. The topological polar surface area (TPSA) is 43.4 Å². The number of Topliss-reactive ketones (excluding diaryl/α,β-unsaturated/α-hetero) is 1. The normalized spacial score (nSPS) is 13.0. The fourth-order valence-corrected chi connectivity index (χ4v) is 2.63. The van der Waals surface area contributed by atoms with Gasteiger partial charge in [0.1, 0.15) is 5.60 Å². The zero-order valence-electron chi connectivity index (χ0n) is 14.7. The van der Waals surface area contributed by atoms with Gasteiger partial charge in [0.05, 0.1) is 0 Å². The molecule has 0 saturated heterocycles. The lowest BCUT2D eigenvalue weighted by Crippen LogP contribution is -2.31. The molecule has 1 atom stereocenters. The lowest BCUT2D eigenvalue weighted by molar-refractivity contribution is -0.156. The number of hydrogen-bond acceptors (Lipinski definition) is 3. The van der Waals surface area contributed by atoms with Crippen molar-refractivity contribution < 1.29 is 14.3 Å². The molecule has 0 N–H and O–H groups in total. The molecule has 23 heavy (non-hydrogen) atoms. The van der Waals surface area contributed by atoms with Crippen molar-refractivity contribution in [2.45, 2.75) is 65.4 Å². The molecule has 1 rings (SSSR count). The summed E-state index contributed by atoms with van der Waals surface area (Å²) in [5.74, 6) is -0.126. The highest BCUT2D eigenvalue weighted by Crippen LogP contribution is 2.26. The number of benzene rings is 1. The minimum Gasteiger partial charge on any atom is -0.460 e. The van der Waals surface area contributed by atoms with Crippen LogP contribution < -0.4 is 0 Å². The van der Waals surface area contributed by atoms with E-state index in [2.05, 4.69) is 19.9 Å². The van der Waals surface area contributed by atoms with Gasteiger partial charge in [0.15, 0.2) is 5.78 Å². The molecule has 3 heteroatoms. The minimum absolute atomic E-state index is 0.139. The molecule has 1 aromatic carbocycles. The van der Waals surface area contributed by atoms with E-state index in [9.17, 15) is 9.59 Å². The summed E-state index contributed by atoms with van der Waals surface area (Å²) >= 11 is 0. The van der Waals surface area contributed by atoms with Crippen LogP contribution in [0, 0.1) is 0 Å². The number of ether oxygens (including phenoxy) is 1. The Morgan fingerprint density at radius 3 is 2.30 bits per heavy atom. The molecule has 3 nitrogen and oxygen atoms in total. The number of hydrogen-bond donors (Lipinski definition) is 0. The first kappa shape index (κ1) is 19.1. The maximum absolute atomic E-state index is 12.1. The van der Waals surface area contributed by atoms with Crippen LogP contribution in [0.2, 0.25) is 0 Å². The van der Waals surface area contributed by atoms with Gasteiger partial charge in [0, 0.05) is 18.9 Å². The lowest BCUT2D eigenvalue weighted by atomic mass is 9.91. The molecule has 126 valence electrons. The van der Waals surface area contributed by atoms with E-state index in [0.29, 0.717) is 19.3 Å². The molecule has 1 aromatic rings. The lowest BCUT2D eigenvalue weighted by Gasteiger charge is -2.29. The van der Waals surface area contributed by atoms with Crippen LogP contribution in [-0.4, -0.2) is 17.4 Å². The number of carbonyl (C=O) groups is 2. The SMILES string of the molecule is CC(=O)OC(C)(CCC=C(C)C)CCCC(=O)c1ccccc1. The van der Waals surface area contributed by atoms with E-state index in [-0.39, 0.29) is 11.8 Å². The van der Waals surface area contributed by atoms with E-state index in [1.807, 2.05) is 37.3 Å². The molecule has 0 radical (unpaired) electrons. The highest BCUT2D eigenvalue weighted by molar-refractivity contribution is 5.95. The Kier molecular flexibility index (Phi) is 7.73. The Balaban J connectivity index is 2.55. The summed E-state index contributed by atoms with van der Waals surface area (Å²) in [6.45, 7) is 7.51. The first-order chi connectivity index (χ1) is 10.8. The Hall–Kier alpha value is -1.90. The van der Waals surface area contributed by atoms with Gasteiger partial charge in [-0.1, -0.05) is 42.0 Å². The summed E-state index contributed by atoms with van der Waals surface area (Å²) in [6.07, 6.45) is 5.69. The number of ketones is 1. The summed E-state index contributed by atoms with van der Waals surface area (Å²) in [5.41, 5.74) is 1.50. The van der Waals surface area contributed by atoms with Crippen molar-refractivity contribution in [1.82, 2.24) is 0 Å². The smallest absolute Gasteiger partial charge is 0.303 e. The zero-order chi connectivity index (χ0) is 17.3.